The van der Waals surface area contributed by atoms with Gasteiger partial charge < -0.3 is 4.74 Å². The highest BCUT2D eigenvalue weighted by atomic mass is 16.5. The molecule has 0 saturated heterocycles. The Bertz CT molecular complexity index is 106. The molecule has 0 rings (SSSR count). The zero-order chi connectivity index (χ0) is 6.57. The number of Topliss-reactive ketones (excluding diaryl/α,β-unsaturated/α-hetero) is 1. The summed E-state index contributed by atoms with van der Waals surface area (Å²) in [5.41, 5.74) is 0. The molecule has 0 aliphatic rings. The third-order valence-corrected chi connectivity index (χ3v) is 0.563. The molecule has 0 N–H and O–H groups in total. The Hall–Kier alpha value is -0.860. The summed E-state index contributed by atoms with van der Waals surface area (Å²) in [4.78, 5) is 20.2. The molecule has 0 radical (unpaired) electrons. The van der Waals surface area contributed by atoms with Gasteiger partial charge in [-0.05, 0) is 6.92 Å². The summed E-state index contributed by atoms with van der Waals surface area (Å²) in [5.74, 6) is -1.31. The van der Waals surface area contributed by atoms with Gasteiger partial charge in [-0.15, -0.1) is 0 Å². The van der Waals surface area contributed by atoms with Gasteiger partial charge in [-0.25, -0.2) is 4.79 Å². The van der Waals surface area contributed by atoms with Gasteiger partial charge in [0.05, 0.1) is 6.61 Å². The molecule has 0 aromatic rings. The molecule has 0 saturated carbocycles. The first-order valence-electron chi connectivity index (χ1n) is 2.36. The Balaban J connectivity index is 3.49. The van der Waals surface area contributed by atoms with E-state index in [1.54, 1.807) is 6.92 Å². The van der Waals surface area contributed by atoms with E-state index in [0.29, 0.717) is 0 Å². The first-order chi connectivity index (χ1) is 3.68. The van der Waals surface area contributed by atoms with Crippen LogP contribution in [0.4, 0.5) is 0 Å². The van der Waals surface area contributed by atoms with E-state index < -0.39 is 11.8 Å². The summed E-state index contributed by atoms with van der Waals surface area (Å²) in [6, 6.07) is 0. The standard InChI is InChI=1S/C5H8O3/c1-3-8-5(7)4(2)6/h3H2,1-2H3/i4+1. The van der Waals surface area contributed by atoms with Gasteiger partial charge in [-0.1, -0.05) is 0 Å². The van der Waals surface area contributed by atoms with Crippen LogP contribution in [0.3, 0.4) is 0 Å². The average Bonchev–Trinajstić information content (AvgIpc) is 1.67. The van der Waals surface area contributed by atoms with E-state index in [4.69, 9.17) is 0 Å². The molecular formula is C5H8O3. The number of ether oxygens (including phenoxy) is 1. The Kier molecular flexibility index (Phi) is 2.84. The zero-order valence-corrected chi connectivity index (χ0v) is 4.93. The minimum Gasteiger partial charge on any atom is -0.460 e. The smallest absolute Gasteiger partial charge is 0.374 e. The van der Waals surface area contributed by atoms with Crippen LogP contribution in [0.1, 0.15) is 13.8 Å². The van der Waals surface area contributed by atoms with Gasteiger partial charge in [0.1, 0.15) is 0 Å². The van der Waals surface area contributed by atoms with Crippen molar-refractivity contribution < 1.29 is 14.3 Å². The lowest BCUT2D eigenvalue weighted by Gasteiger charge is -1.93. The first-order valence-corrected chi connectivity index (χ1v) is 2.36. The van der Waals surface area contributed by atoms with Crippen LogP contribution in [-0.2, 0) is 14.3 Å². The van der Waals surface area contributed by atoms with Gasteiger partial charge in [0.25, 0.3) is 0 Å². The van der Waals surface area contributed by atoms with Gasteiger partial charge in [0, 0.05) is 6.92 Å². The van der Waals surface area contributed by atoms with Crippen molar-refractivity contribution in [3.05, 3.63) is 0 Å². The van der Waals surface area contributed by atoms with E-state index in [9.17, 15) is 9.59 Å². The molecule has 0 atom stereocenters. The van der Waals surface area contributed by atoms with Gasteiger partial charge in [0.2, 0.25) is 5.78 Å². The van der Waals surface area contributed by atoms with Crippen LogP contribution in [0.5, 0.6) is 0 Å². The molecule has 0 amide bonds. The summed E-state index contributed by atoms with van der Waals surface area (Å²) in [6.07, 6.45) is 0. The molecule has 0 spiro atoms. The molecule has 3 nitrogen and oxygen atoms in total. The van der Waals surface area contributed by atoms with Gasteiger partial charge in [0.15, 0.2) is 0 Å². The molecule has 8 heavy (non-hydrogen) atoms. The lowest BCUT2D eigenvalue weighted by molar-refractivity contribution is -0.152. The van der Waals surface area contributed by atoms with Crippen LogP contribution in [0, 0.1) is 0 Å². The van der Waals surface area contributed by atoms with E-state index in [1.165, 1.54) is 6.92 Å². The first kappa shape index (κ1) is 7.14. The Morgan fingerprint density at radius 3 is 2.12 bits per heavy atom. The van der Waals surface area contributed by atoms with E-state index in [2.05, 4.69) is 4.74 Å². The van der Waals surface area contributed by atoms with Crippen LogP contribution < -0.4 is 0 Å². The van der Waals surface area contributed by atoms with Crippen LogP contribution in [0.15, 0.2) is 0 Å². The number of esters is 1. The molecule has 0 fully saturated rings. The maximum atomic E-state index is 10.2. The quantitative estimate of drug-likeness (QED) is 0.293. The van der Waals surface area contributed by atoms with E-state index >= 15 is 0 Å². The Morgan fingerprint density at radius 2 is 2.00 bits per heavy atom. The minimum atomic E-state index is -0.757. The zero-order valence-electron chi connectivity index (χ0n) is 4.93. The number of rotatable bonds is 2. The second kappa shape index (κ2) is 3.18. The Labute approximate surface area is 47.6 Å². The molecule has 0 aliphatic heterocycles. The van der Waals surface area contributed by atoms with Crippen LogP contribution in [0.25, 0.3) is 0 Å². The van der Waals surface area contributed by atoms with Crippen molar-refractivity contribution in [1.82, 2.24) is 0 Å². The summed E-state index contributed by atoms with van der Waals surface area (Å²) in [6.45, 7) is 3.09. The molecule has 46 valence electrons. The molecule has 0 aromatic heterocycles. The van der Waals surface area contributed by atoms with Crippen molar-refractivity contribution in [3.8, 4) is 0 Å². The summed E-state index contributed by atoms with van der Waals surface area (Å²) in [7, 11) is 0. The SMILES string of the molecule is CCOC(=O)[13C](C)=O. The predicted octanol–water partition coefficient (Wildman–Crippen LogP) is 0.139. The maximum absolute atomic E-state index is 10.2. The van der Waals surface area contributed by atoms with Crippen molar-refractivity contribution in [2.75, 3.05) is 6.61 Å². The topological polar surface area (TPSA) is 43.4 Å². The maximum Gasteiger partial charge on any atom is 0.374 e. The van der Waals surface area contributed by atoms with Gasteiger partial charge in [-0.3, -0.25) is 4.79 Å². The molecule has 0 aromatic carbocycles. The van der Waals surface area contributed by atoms with Crippen molar-refractivity contribution in [2.24, 2.45) is 0 Å². The van der Waals surface area contributed by atoms with Crippen LogP contribution in [0.2, 0.25) is 0 Å². The highest BCUT2D eigenvalue weighted by Crippen LogP contribution is 1.77. The molecule has 0 unspecified atom stereocenters. The van der Waals surface area contributed by atoms with Crippen molar-refractivity contribution in [3.63, 3.8) is 0 Å². The number of hydrogen-bond donors (Lipinski definition) is 0. The number of ketones is 1. The molecule has 0 bridgehead atoms. The fraction of sp³-hybridized carbons (Fsp3) is 0.600. The Morgan fingerprint density at radius 1 is 1.50 bits per heavy atom. The predicted molar refractivity (Wildman–Crippen MR) is 27.3 cm³/mol. The highest BCUT2D eigenvalue weighted by Gasteiger charge is 2.05. The minimum absolute atomic E-state index is 0.262. The largest absolute Gasteiger partial charge is 0.460 e. The van der Waals surface area contributed by atoms with E-state index in [1.807, 2.05) is 0 Å². The summed E-state index contributed by atoms with van der Waals surface area (Å²) >= 11 is 0. The van der Waals surface area contributed by atoms with Crippen molar-refractivity contribution >= 4 is 11.8 Å². The fourth-order valence-electron chi connectivity index (χ4n) is 0.233. The van der Waals surface area contributed by atoms with Gasteiger partial charge in [-0.2, -0.15) is 0 Å². The third kappa shape index (κ3) is 2.34. The van der Waals surface area contributed by atoms with E-state index in [0.717, 1.165) is 0 Å². The van der Waals surface area contributed by atoms with E-state index in [-0.39, 0.29) is 6.61 Å². The van der Waals surface area contributed by atoms with Crippen LogP contribution >= 0.6 is 0 Å². The normalized spacial score (nSPS) is 8.25. The third-order valence-electron chi connectivity index (χ3n) is 0.563. The lowest BCUT2D eigenvalue weighted by atomic mass is 10.8. The number of carbonyl (C=O) groups excluding carboxylic acids is 2. The lowest BCUT2D eigenvalue weighted by Crippen LogP contribution is -2.12. The molecular weight excluding hydrogens is 109 g/mol. The fourth-order valence-corrected chi connectivity index (χ4v) is 0.233. The number of hydrogen-bond acceptors (Lipinski definition) is 3. The second-order valence-electron chi connectivity index (χ2n) is 1.28. The molecule has 3 heteroatoms. The monoisotopic (exact) mass is 117 g/mol. The molecule has 0 heterocycles. The molecule has 0 aliphatic carbocycles. The second-order valence-corrected chi connectivity index (χ2v) is 1.28. The highest BCUT2D eigenvalue weighted by molar-refractivity contribution is 6.32. The summed E-state index contributed by atoms with van der Waals surface area (Å²) < 4.78 is 4.31. The average molecular weight is 117 g/mol. The van der Waals surface area contributed by atoms with Gasteiger partial charge >= 0.3 is 5.97 Å². The number of carbonyl (C=O) groups is 2. The van der Waals surface area contributed by atoms with Crippen molar-refractivity contribution in [2.45, 2.75) is 13.8 Å². The van der Waals surface area contributed by atoms with Crippen LogP contribution in [-0.4, -0.2) is 18.4 Å². The summed E-state index contributed by atoms with van der Waals surface area (Å²) in [5, 5.41) is 0. The van der Waals surface area contributed by atoms with Crippen molar-refractivity contribution in [1.29, 1.82) is 0 Å².